The van der Waals surface area contributed by atoms with Crippen LogP contribution >= 0.6 is 0 Å². The van der Waals surface area contributed by atoms with Gasteiger partial charge in [-0.2, -0.15) is 5.26 Å². The van der Waals surface area contributed by atoms with Crippen LogP contribution in [0.5, 0.6) is 0 Å². The van der Waals surface area contributed by atoms with E-state index in [4.69, 9.17) is 5.73 Å². The molecule has 0 radical (unpaired) electrons. The average Bonchev–Trinajstić information content (AvgIpc) is 2.24. The fourth-order valence-corrected chi connectivity index (χ4v) is 2.51. The Morgan fingerprint density at radius 3 is 2.76 bits per heavy atom. The van der Waals surface area contributed by atoms with Crippen LogP contribution in [0.3, 0.4) is 0 Å². The van der Waals surface area contributed by atoms with Gasteiger partial charge in [0.2, 0.25) is 0 Å². The zero-order valence-corrected chi connectivity index (χ0v) is 10.6. The van der Waals surface area contributed by atoms with Crippen molar-refractivity contribution in [1.82, 2.24) is 0 Å². The Labute approximate surface area is 103 Å². The van der Waals surface area contributed by atoms with Gasteiger partial charge in [0.1, 0.15) is 0 Å². The summed E-state index contributed by atoms with van der Waals surface area (Å²) in [6.45, 7) is 11.1. The molecule has 1 saturated carbocycles. The largest absolute Gasteiger partial charge is 0.318 e. The first-order chi connectivity index (χ1) is 7.80. The number of nitriles is 1. The zero-order valence-electron chi connectivity index (χ0n) is 10.6. The molecule has 3 heteroatoms. The number of ketones is 1. The van der Waals surface area contributed by atoms with Gasteiger partial charge in [0.25, 0.3) is 0 Å². The minimum atomic E-state index is -1.10. The molecule has 3 atom stereocenters. The maximum absolute atomic E-state index is 12.1. The number of nitrogens with two attached hydrogens (primary N) is 1. The minimum Gasteiger partial charge on any atom is -0.318 e. The fraction of sp³-hybridized carbons (Fsp3) is 0.571. The van der Waals surface area contributed by atoms with Crippen LogP contribution in [0, 0.1) is 22.7 Å². The molecule has 17 heavy (non-hydrogen) atoms. The molecule has 0 heterocycles. The van der Waals surface area contributed by atoms with Crippen LogP contribution in [0.15, 0.2) is 24.8 Å². The van der Waals surface area contributed by atoms with E-state index in [1.54, 1.807) is 13.0 Å². The molecule has 0 aromatic heterocycles. The molecule has 0 amide bonds. The number of allylic oxidation sites excluding steroid dienone is 2. The Morgan fingerprint density at radius 1 is 1.76 bits per heavy atom. The van der Waals surface area contributed by atoms with Crippen LogP contribution in [-0.4, -0.2) is 11.3 Å². The zero-order chi connectivity index (χ0) is 13.3. The van der Waals surface area contributed by atoms with E-state index in [2.05, 4.69) is 19.2 Å². The molecule has 0 bridgehead atoms. The highest BCUT2D eigenvalue weighted by molar-refractivity contribution is 5.90. The van der Waals surface area contributed by atoms with Crippen LogP contribution in [-0.2, 0) is 4.79 Å². The van der Waals surface area contributed by atoms with E-state index in [0.29, 0.717) is 19.3 Å². The van der Waals surface area contributed by atoms with E-state index in [1.807, 2.05) is 6.92 Å². The Hall–Kier alpha value is -1.40. The summed E-state index contributed by atoms with van der Waals surface area (Å²) in [4.78, 5) is 12.1. The molecule has 0 saturated heterocycles. The van der Waals surface area contributed by atoms with E-state index < -0.39 is 11.0 Å². The van der Waals surface area contributed by atoms with Crippen LogP contribution in [0.2, 0.25) is 0 Å². The van der Waals surface area contributed by atoms with Gasteiger partial charge in [-0.05, 0) is 32.6 Å². The summed E-state index contributed by atoms with van der Waals surface area (Å²) < 4.78 is 0. The van der Waals surface area contributed by atoms with Crippen molar-refractivity contribution in [1.29, 1.82) is 5.26 Å². The van der Waals surface area contributed by atoms with Crippen molar-refractivity contribution in [3.05, 3.63) is 24.8 Å². The molecule has 1 rings (SSSR count). The molecule has 1 aliphatic rings. The smallest absolute Gasteiger partial charge is 0.154 e. The van der Waals surface area contributed by atoms with E-state index in [9.17, 15) is 10.1 Å². The number of hydrogen-bond acceptors (Lipinski definition) is 3. The number of Topliss-reactive ketones (excluding diaryl/α,β-unsaturated/α-hetero) is 1. The van der Waals surface area contributed by atoms with E-state index >= 15 is 0 Å². The van der Waals surface area contributed by atoms with Gasteiger partial charge < -0.3 is 5.73 Å². The van der Waals surface area contributed by atoms with Gasteiger partial charge in [0.15, 0.2) is 5.78 Å². The van der Waals surface area contributed by atoms with Gasteiger partial charge >= 0.3 is 0 Å². The summed E-state index contributed by atoms with van der Waals surface area (Å²) in [6, 6.07) is 2.27. The third-order valence-electron chi connectivity index (χ3n) is 4.00. The average molecular weight is 232 g/mol. The maximum Gasteiger partial charge on any atom is 0.154 e. The minimum absolute atomic E-state index is 0.0544. The summed E-state index contributed by atoms with van der Waals surface area (Å²) in [5, 5.41) is 9.47. The summed E-state index contributed by atoms with van der Waals surface area (Å²) in [5.41, 5.74) is 5.10. The van der Waals surface area contributed by atoms with E-state index in [-0.39, 0.29) is 11.7 Å². The maximum atomic E-state index is 12.1. The molecule has 1 aliphatic carbocycles. The molecule has 3 nitrogen and oxygen atoms in total. The van der Waals surface area contributed by atoms with Gasteiger partial charge in [-0.1, -0.05) is 18.2 Å². The number of rotatable bonds is 3. The Bertz CT molecular complexity index is 403. The Morgan fingerprint density at radius 2 is 2.35 bits per heavy atom. The first-order valence-electron chi connectivity index (χ1n) is 5.80. The lowest BCUT2D eigenvalue weighted by Gasteiger charge is -2.46. The molecule has 0 unspecified atom stereocenters. The molecular formula is C14H20N2O. The Kier molecular flexibility index (Phi) is 3.59. The molecule has 92 valence electrons. The number of carbonyl (C=O) groups excluding carboxylic acids is 1. The fourth-order valence-electron chi connectivity index (χ4n) is 2.51. The van der Waals surface area contributed by atoms with Crippen molar-refractivity contribution in [2.24, 2.45) is 17.1 Å². The SMILES string of the molecule is C=CC[C@]1(C#N)C[C@H](C(=C)C)CC(=O)[C@@]1(C)N. The van der Waals surface area contributed by atoms with Crippen molar-refractivity contribution < 1.29 is 4.79 Å². The summed E-state index contributed by atoms with van der Waals surface area (Å²) >= 11 is 0. The first kappa shape index (κ1) is 13.7. The van der Waals surface area contributed by atoms with Crippen LogP contribution in [0.4, 0.5) is 0 Å². The molecule has 0 aromatic carbocycles. The van der Waals surface area contributed by atoms with E-state index in [0.717, 1.165) is 5.57 Å². The number of carbonyl (C=O) groups is 1. The standard InChI is InChI=1S/C14H20N2O/c1-5-6-14(9-15)8-11(10(2)3)7-12(17)13(14,4)16/h5,11H,1-2,6-8,16H2,3-4H3/t11-,13-,14-/m1/s1. The van der Waals surface area contributed by atoms with Crippen molar-refractivity contribution >= 4 is 5.78 Å². The molecule has 0 spiro atoms. The molecule has 1 fully saturated rings. The van der Waals surface area contributed by atoms with Gasteiger partial charge in [-0.3, -0.25) is 4.79 Å². The lowest BCUT2D eigenvalue weighted by atomic mass is 9.57. The third kappa shape index (κ3) is 2.05. The van der Waals surface area contributed by atoms with Crippen molar-refractivity contribution in [3.8, 4) is 6.07 Å². The van der Waals surface area contributed by atoms with Crippen molar-refractivity contribution in [2.75, 3.05) is 0 Å². The molecule has 0 aliphatic heterocycles. The normalized spacial score (nSPS) is 37.3. The molecule has 2 N–H and O–H groups in total. The summed E-state index contributed by atoms with van der Waals surface area (Å²) in [6.07, 6.45) is 3.08. The van der Waals surface area contributed by atoms with Gasteiger partial charge in [-0.25, -0.2) is 0 Å². The molecular weight excluding hydrogens is 212 g/mol. The quantitative estimate of drug-likeness (QED) is 0.759. The van der Waals surface area contributed by atoms with Gasteiger partial charge in [-0.15, -0.1) is 6.58 Å². The van der Waals surface area contributed by atoms with E-state index in [1.165, 1.54) is 0 Å². The highest BCUT2D eigenvalue weighted by Crippen LogP contribution is 2.47. The predicted octanol–water partition coefficient (Wildman–Crippen LogP) is 2.35. The number of nitrogens with zero attached hydrogens (tertiary/aromatic N) is 1. The monoisotopic (exact) mass is 232 g/mol. The second-order valence-electron chi connectivity index (χ2n) is 5.26. The lowest BCUT2D eigenvalue weighted by Crippen LogP contribution is -2.62. The van der Waals surface area contributed by atoms with Crippen LogP contribution in [0.25, 0.3) is 0 Å². The molecule has 0 aromatic rings. The topological polar surface area (TPSA) is 66.9 Å². The third-order valence-corrected chi connectivity index (χ3v) is 4.00. The Balaban J connectivity index is 3.22. The predicted molar refractivity (Wildman–Crippen MR) is 68.0 cm³/mol. The first-order valence-corrected chi connectivity index (χ1v) is 5.80. The second-order valence-corrected chi connectivity index (χ2v) is 5.26. The van der Waals surface area contributed by atoms with Crippen LogP contribution < -0.4 is 5.73 Å². The summed E-state index contributed by atoms with van der Waals surface area (Å²) in [5.74, 6) is -0.00104. The van der Waals surface area contributed by atoms with Gasteiger partial charge in [0, 0.05) is 6.42 Å². The van der Waals surface area contributed by atoms with Crippen molar-refractivity contribution in [2.45, 2.75) is 38.6 Å². The highest BCUT2D eigenvalue weighted by Gasteiger charge is 2.54. The number of hydrogen-bond donors (Lipinski definition) is 1. The van der Waals surface area contributed by atoms with Gasteiger partial charge in [0.05, 0.1) is 17.0 Å². The van der Waals surface area contributed by atoms with Crippen molar-refractivity contribution in [3.63, 3.8) is 0 Å². The summed E-state index contributed by atoms with van der Waals surface area (Å²) in [7, 11) is 0. The van der Waals surface area contributed by atoms with Crippen LogP contribution in [0.1, 0.15) is 33.1 Å². The second kappa shape index (κ2) is 4.46. The lowest BCUT2D eigenvalue weighted by molar-refractivity contribution is -0.131. The highest BCUT2D eigenvalue weighted by atomic mass is 16.1.